The Morgan fingerprint density at radius 1 is 1.06 bits per heavy atom. The van der Waals surface area contributed by atoms with Crippen LogP contribution in [0.5, 0.6) is 5.75 Å². The van der Waals surface area contributed by atoms with Crippen LogP contribution < -0.4 is 15.1 Å². The molecule has 1 saturated heterocycles. The summed E-state index contributed by atoms with van der Waals surface area (Å²) in [5.74, 6) is 0.176. The number of benzene rings is 2. The van der Waals surface area contributed by atoms with Crippen molar-refractivity contribution < 1.29 is 14.3 Å². The summed E-state index contributed by atoms with van der Waals surface area (Å²) in [6.07, 6.45) is 3.52. The molecular weight excluding hydrogens is 455 g/mol. The maximum atomic E-state index is 14.7. The Bertz CT molecular complexity index is 1300. The number of piperazine rings is 1. The van der Waals surface area contributed by atoms with E-state index in [1.807, 2.05) is 12.1 Å². The van der Waals surface area contributed by atoms with Gasteiger partial charge in [-0.25, -0.2) is 9.37 Å². The van der Waals surface area contributed by atoms with Crippen LogP contribution >= 0.6 is 11.6 Å². The van der Waals surface area contributed by atoms with E-state index < -0.39 is 5.82 Å². The lowest BCUT2D eigenvalue weighted by Crippen LogP contribution is -2.43. The molecule has 8 heteroatoms. The zero-order valence-corrected chi connectivity index (χ0v) is 19.4. The molecule has 34 heavy (non-hydrogen) atoms. The van der Waals surface area contributed by atoms with Gasteiger partial charge in [-0.2, -0.15) is 0 Å². The van der Waals surface area contributed by atoms with E-state index in [9.17, 15) is 14.3 Å². The first-order chi connectivity index (χ1) is 16.4. The second-order valence-electron chi connectivity index (χ2n) is 8.46. The molecule has 0 spiro atoms. The maximum Gasteiger partial charge on any atom is 0.253 e. The van der Waals surface area contributed by atoms with Gasteiger partial charge in [0.25, 0.3) is 5.91 Å². The molecule has 0 unspecified atom stereocenters. The molecule has 0 saturated carbocycles. The molecule has 174 valence electrons. The lowest BCUT2D eigenvalue weighted by atomic mass is 9.97. The van der Waals surface area contributed by atoms with E-state index in [2.05, 4.69) is 15.2 Å². The largest absolute Gasteiger partial charge is 0.507 e. The third-order valence-corrected chi connectivity index (χ3v) is 6.59. The maximum absolute atomic E-state index is 14.7. The molecule has 2 aromatic carbocycles. The Hall–Kier alpha value is -3.42. The minimum atomic E-state index is -0.474. The van der Waals surface area contributed by atoms with E-state index in [4.69, 9.17) is 11.6 Å². The van der Waals surface area contributed by atoms with E-state index in [1.165, 1.54) is 12.1 Å². The van der Waals surface area contributed by atoms with Gasteiger partial charge in [-0.05, 0) is 54.4 Å². The Morgan fingerprint density at radius 2 is 1.76 bits per heavy atom. The highest BCUT2D eigenvalue weighted by Gasteiger charge is 2.24. The van der Waals surface area contributed by atoms with Crippen LogP contribution in [0, 0.1) is 5.82 Å². The number of aromatic hydroxyl groups is 1. The fourth-order valence-electron chi connectivity index (χ4n) is 4.40. The molecule has 1 aromatic heterocycles. The lowest BCUT2D eigenvalue weighted by Gasteiger charge is -2.28. The monoisotopic (exact) mass is 478 g/mol. The van der Waals surface area contributed by atoms with Crippen molar-refractivity contribution in [3.63, 3.8) is 0 Å². The van der Waals surface area contributed by atoms with Crippen molar-refractivity contribution in [1.29, 1.82) is 0 Å². The average molecular weight is 479 g/mol. The zero-order valence-electron chi connectivity index (χ0n) is 18.7. The van der Waals surface area contributed by atoms with Crippen LogP contribution in [0.15, 0.2) is 60.3 Å². The van der Waals surface area contributed by atoms with Crippen LogP contribution in [0.4, 0.5) is 15.9 Å². The van der Waals surface area contributed by atoms with Gasteiger partial charge in [0.1, 0.15) is 17.4 Å². The van der Waals surface area contributed by atoms with Crippen molar-refractivity contribution in [3.8, 4) is 28.0 Å². The Morgan fingerprint density at radius 3 is 2.41 bits per heavy atom. The summed E-state index contributed by atoms with van der Waals surface area (Å²) in [6.45, 7) is 5.63. The summed E-state index contributed by atoms with van der Waals surface area (Å²) in [6, 6.07) is 11.3. The van der Waals surface area contributed by atoms with Gasteiger partial charge in [0.05, 0.1) is 10.7 Å². The minimum absolute atomic E-state index is 0.0440. The molecule has 2 N–H and O–H groups in total. The van der Waals surface area contributed by atoms with Gasteiger partial charge in [0, 0.05) is 55.6 Å². The van der Waals surface area contributed by atoms with E-state index >= 15 is 0 Å². The SMILES string of the molecule is CC1=CCN(c2ccc(-c3cc(F)cc(-c4ccnc(N5CCNCC5)c4)c3O)cc2Cl)C1=O. The van der Waals surface area contributed by atoms with Gasteiger partial charge in [-0.3, -0.25) is 4.79 Å². The van der Waals surface area contributed by atoms with Crippen LogP contribution in [0.1, 0.15) is 6.92 Å². The number of amides is 1. The first-order valence-electron chi connectivity index (χ1n) is 11.2. The predicted molar refractivity (Wildman–Crippen MR) is 133 cm³/mol. The van der Waals surface area contributed by atoms with Crippen LogP contribution in [-0.2, 0) is 4.79 Å². The second kappa shape index (κ2) is 9.08. The predicted octanol–water partition coefficient (Wildman–Crippen LogP) is 4.62. The summed E-state index contributed by atoms with van der Waals surface area (Å²) < 4.78 is 14.7. The zero-order chi connectivity index (χ0) is 23.8. The number of aromatic nitrogens is 1. The summed E-state index contributed by atoms with van der Waals surface area (Å²) in [4.78, 5) is 20.6. The Kier molecular flexibility index (Phi) is 5.98. The fourth-order valence-corrected chi connectivity index (χ4v) is 4.69. The van der Waals surface area contributed by atoms with Crippen molar-refractivity contribution in [3.05, 3.63) is 71.2 Å². The van der Waals surface area contributed by atoms with Crippen LogP contribution in [0.25, 0.3) is 22.3 Å². The molecule has 0 radical (unpaired) electrons. The number of nitrogens with one attached hydrogen (secondary N) is 1. The number of carbonyl (C=O) groups excluding carboxylic acids is 1. The van der Waals surface area contributed by atoms with Crippen molar-refractivity contribution >= 4 is 29.0 Å². The number of hydrogen-bond acceptors (Lipinski definition) is 5. The number of phenolic OH excluding ortho intramolecular Hbond substituents is 1. The number of hydrogen-bond donors (Lipinski definition) is 2. The smallest absolute Gasteiger partial charge is 0.253 e. The van der Waals surface area contributed by atoms with Crippen molar-refractivity contribution in [2.24, 2.45) is 0 Å². The van der Waals surface area contributed by atoms with Crippen molar-refractivity contribution in [2.45, 2.75) is 6.92 Å². The van der Waals surface area contributed by atoms with Crippen LogP contribution in [-0.4, -0.2) is 48.7 Å². The number of rotatable bonds is 4. The molecular formula is C26H24ClFN4O2. The highest BCUT2D eigenvalue weighted by atomic mass is 35.5. The van der Waals surface area contributed by atoms with Crippen molar-refractivity contribution in [1.82, 2.24) is 10.3 Å². The summed E-state index contributed by atoms with van der Waals surface area (Å²) >= 11 is 6.52. The first kappa shape index (κ1) is 22.4. The molecule has 2 aliphatic heterocycles. The molecule has 2 aliphatic rings. The van der Waals surface area contributed by atoms with Gasteiger partial charge in [0.2, 0.25) is 0 Å². The van der Waals surface area contributed by atoms with E-state index in [0.29, 0.717) is 45.1 Å². The standard InChI is InChI=1S/C26H24ClFN4O2/c1-16-5-9-32(26(16)34)23-3-2-17(12-22(23)27)20-14-19(28)15-21(25(20)33)18-4-6-30-24(13-18)31-10-7-29-8-11-31/h2-6,12-15,29,33H,7-11H2,1H3. The minimum Gasteiger partial charge on any atom is -0.507 e. The molecule has 1 fully saturated rings. The Labute approximate surface area is 202 Å². The summed E-state index contributed by atoms with van der Waals surface area (Å²) in [7, 11) is 0. The number of anilines is 2. The number of pyridine rings is 1. The highest BCUT2D eigenvalue weighted by molar-refractivity contribution is 6.34. The first-order valence-corrected chi connectivity index (χ1v) is 11.5. The number of phenols is 1. The lowest BCUT2D eigenvalue weighted by molar-refractivity contribution is -0.114. The molecule has 0 bridgehead atoms. The second-order valence-corrected chi connectivity index (χ2v) is 8.87. The van der Waals surface area contributed by atoms with Crippen LogP contribution in [0.3, 0.4) is 0 Å². The number of carbonyl (C=O) groups is 1. The van der Waals surface area contributed by atoms with Gasteiger partial charge in [-0.1, -0.05) is 23.7 Å². The van der Waals surface area contributed by atoms with Crippen molar-refractivity contribution in [2.75, 3.05) is 42.5 Å². The Balaban J connectivity index is 1.51. The number of halogens is 2. The topological polar surface area (TPSA) is 68.7 Å². The molecule has 6 nitrogen and oxygen atoms in total. The van der Waals surface area contributed by atoms with Gasteiger partial charge in [0.15, 0.2) is 0 Å². The van der Waals surface area contributed by atoms with E-state index in [1.54, 1.807) is 42.3 Å². The van der Waals surface area contributed by atoms with E-state index in [-0.39, 0.29) is 11.7 Å². The molecule has 3 heterocycles. The average Bonchev–Trinajstić information content (AvgIpc) is 3.18. The van der Waals surface area contributed by atoms with Gasteiger partial charge < -0.3 is 20.2 Å². The quantitative estimate of drug-likeness (QED) is 0.573. The molecule has 0 aliphatic carbocycles. The summed E-state index contributed by atoms with van der Waals surface area (Å²) in [5, 5.41) is 14.8. The van der Waals surface area contributed by atoms with Gasteiger partial charge in [-0.15, -0.1) is 0 Å². The third kappa shape index (κ3) is 4.13. The molecule has 3 aromatic rings. The fraction of sp³-hybridized carbons (Fsp3) is 0.231. The molecule has 0 atom stereocenters. The number of nitrogens with zero attached hydrogens (tertiary/aromatic N) is 3. The molecule has 1 amide bonds. The molecule has 5 rings (SSSR count). The van der Waals surface area contributed by atoms with E-state index in [0.717, 1.165) is 32.0 Å². The van der Waals surface area contributed by atoms with Gasteiger partial charge >= 0.3 is 0 Å². The normalized spacial score (nSPS) is 16.2. The van der Waals surface area contributed by atoms with Crippen LogP contribution in [0.2, 0.25) is 5.02 Å². The third-order valence-electron chi connectivity index (χ3n) is 6.28. The summed E-state index contributed by atoms with van der Waals surface area (Å²) in [5.41, 5.74) is 3.18. The highest BCUT2D eigenvalue weighted by Crippen LogP contribution is 2.41.